The van der Waals surface area contributed by atoms with Gasteiger partial charge in [-0.25, -0.2) is 0 Å². The summed E-state index contributed by atoms with van der Waals surface area (Å²) in [4.78, 5) is 2.20. The van der Waals surface area contributed by atoms with Gasteiger partial charge in [0.05, 0.1) is 19.4 Å². The van der Waals surface area contributed by atoms with Crippen LogP contribution >= 0.6 is 0 Å². The second-order valence-electron chi connectivity index (χ2n) is 4.28. The summed E-state index contributed by atoms with van der Waals surface area (Å²) in [5.74, 6) is 1.05. The fraction of sp³-hybridized carbons (Fsp3) is 0.692. The lowest BCUT2D eigenvalue weighted by molar-refractivity contribution is 0.154. The van der Waals surface area contributed by atoms with Crippen LogP contribution in [0.15, 0.2) is 16.7 Å². The number of rotatable bonds is 9. The van der Waals surface area contributed by atoms with Gasteiger partial charge in [0.25, 0.3) is 0 Å². The number of nitrogens with zero attached hydrogens (tertiary/aromatic N) is 1. The monoisotopic (exact) mass is 240 g/mol. The number of hydrogen-bond acceptors (Lipinski definition) is 4. The van der Waals surface area contributed by atoms with Crippen molar-refractivity contribution in [3.05, 3.63) is 23.7 Å². The lowest BCUT2D eigenvalue weighted by atomic mass is 10.2. The first-order valence-electron chi connectivity index (χ1n) is 6.21. The van der Waals surface area contributed by atoms with E-state index in [2.05, 4.69) is 24.2 Å². The fourth-order valence-corrected chi connectivity index (χ4v) is 1.63. The molecule has 0 aliphatic carbocycles. The van der Waals surface area contributed by atoms with E-state index in [9.17, 15) is 0 Å². The molecule has 0 saturated heterocycles. The second-order valence-corrected chi connectivity index (χ2v) is 4.28. The molecular weight excluding hydrogens is 216 g/mol. The summed E-state index contributed by atoms with van der Waals surface area (Å²) in [7, 11) is 3.80. The number of likely N-dealkylation sites (N-methyl/N-ethyl adjacent to an activating group) is 1. The maximum Gasteiger partial charge on any atom is 0.122 e. The largest absolute Gasteiger partial charge is 0.468 e. The molecule has 0 aromatic carbocycles. The Morgan fingerprint density at radius 1 is 1.47 bits per heavy atom. The smallest absolute Gasteiger partial charge is 0.122 e. The highest BCUT2D eigenvalue weighted by Crippen LogP contribution is 2.12. The molecule has 98 valence electrons. The van der Waals surface area contributed by atoms with Crippen LogP contribution in [0.1, 0.15) is 24.7 Å². The van der Waals surface area contributed by atoms with Gasteiger partial charge in [-0.15, -0.1) is 0 Å². The minimum atomic E-state index is 0.751. The zero-order valence-corrected chi connectivity index (χ0v) is 11.2. The molecule has 0 saturated carbocycles. The highest BCUT2D eigenvalue weighted by Gasteiger charge is 2.08. The lowest BCUT2D eigenvalue weighted by Crippen LogP contribution is -2.23. The van der Waals surface area contributed by atoms with Gasteiger partial charge in [-0.1, -0.05) is 6.92 Å². The van der Waals surface area contributed by atoms with Gasteiger partial charge in [0.15, 0.2) is 0 Å². The SMILES string of the molecule is CCCNCc1ccoc1CN(C)CCOC. The van der Waals surface area contributed by atoms with Gasteiger partial charge in [0.2, 0.25) is 0 Å². The fourth-order valence-electron chi connectivity index (χ4n) is 1.63. The van der Waals surface area contributed by atoms with Crippen LogP contribution in [0.4, 0.5) is 0 Å². The second kappa shape index (κ2) is 8.28. The van der Waals surface area contributed by atoms with Gasteiger partial charge >= 0.3 is 0 Å². The standard InChI is InChI=1S/C13H24N2O2/c1-4-6-14-10-12-5-8-17-13(12)11-15(2)7-9-16-3/h5,8,14H,4,6-7,9-11H2,1-3H3. The van der Waals surface area contributed by atoms with Crippen LogP contribution in [0.5, 0.6) is 0 Å². The van der Waals surface area contributed by atoms with Crippen LogP contribution < -0.4 is 5.32 Å². The van der Waals surface area contributed by atoms with Gasteiger partial charge in [0, 0.05) is 25.8 Å². The van der Waals surface area contributed by atoms with Crippen molar-refractivity contribution in [1.29, 1.82) is 0 Å². The maximum atomic E-state index is 5.52. The maximum absolute atomic E-state index is 5.52. The summed E-state index contributed by atoms with van der Waals surface area (Å²) in [5, 5.41) is 3.39. The molecule has 1 aromatic heterocycles. The van der Waals surface area contributed by atoms with Crippen LogP contribution in [0.25, 0.3) is 0 Å². The summed E-state index contributed by atoms with van der Waals surface area (Å²) >= 11 is 0. The van der Waals surface area contributed by atoms with E-state index >= 15 is 0 Å². The molecule has 0 atom stereocenters. The Kier molecular flexibility index (Phi) is 6.93. The van der Waals surface area contributed by atoms with E-state index in [0.29, 0.717) is 0 Å². The number of furan rings is 1. The van der Waals surface area contributed by atoms with Crippen molar-refractivity contribution in [2.45, 2.75) is 26.4 Å². The molecule has 0 aliphatic heterocycles. The Morgan fingerprint density at radius 3 is 3.00 bits per heavy atom. The molecule has 0 fully saturated rings. The number of methoxy groups -OCH3 is 1. The molecule has 4 heteroatoms. The zero-order valence-electron chi connectivity index (χ0n) is 11.2. The van der Waals surface area contributed by atoms with Crippen LogP contribution in [-0.4, -0.2) is 38.8 Å². The van der Waals surface area contributed by atoms with Gasteiger partial charge in [-0.2, -0.15) is 0 Å². The average Bonchev–Trinajstić information content (AvgIpc) is 2.74. The molecule has 0 aliphatic rings. The van der Waals surface area contributed by atoms with Crippen molar-refractivity contribution in [3.8, 4) is 0 Å². The Labute approximate surface area is 104 Å². The molecule has 0 radical (unpaired) electrons. The molecule has 0 unspecified atom stereocenters. The summed E-state index contributed by atoms with van der Waals surface area (Å²) in [5.41, 5.74) is 1.25. The normalized spacial score (nSPS) is 11.3. The van der Waals surface area contributed by atoms with E-state index in [1.165, 1.54) is 5.56 Å². The van der Waals surface area contributed by atoms with Crippen molar-refractivity contribution in [2.24, 2.45) is 0 Å². The Hall–Kier alpha value is -0.840. The Balaban J connectivity index is 2.39. The van der Waals surface area contributed by atoms with E-state index in [4.69, 9.17) is 9.15 Å². The molecular formula is C13H24N2O2. The topological polar surface area (TPSA) is 37.6 Å². The van der Waals surface area contributed by atoms with Gasteiger partial charge < -0.3 is 14.5 Å². The van der Waals surface area contributed by atoms with Gasteiger partial charge in [-0.3, -0.25) is 4.90 Å². The summed E-state index contributed by atoms with van der Waals surface area (Å²) < 4.78 is 10.6. The first-order chi connectivity index (χ1) is 8.27. The first kappa shape index (κ1) is 14.2. The molecule has 1 heterocycles. The van der Waals surface area contributed by atoms with Crippen LogP contribution in [0.2, 0.25) is 0 Å². The third-order valence-electron chi connectivity index (χ3n) is 2.67. The van der Waals surface area contributed by atoms with E-state index in [0.717, 1.165) is 45.0 Å². The van der Waals surface area contributed by atoms with Crippen molar-refractivity contribution < 1.29 is 9.15 Å². The molecule has 0 amide bonds. The molecule has 1 N–H and O–H groups in total. The highest BCUT2D eigenvalue weighted by molar-refractivity contribution is 5.16. The molecule has 0 bridgehead atoms. The van der Waals surface area contributed by atoms with E-state index < -0.39 is 0 Å². The lowest BCUT2D eigenvalue weighted by Gasteiger charge is -2.15. The van der Waals surface area contributed by atoms with Crippen LogP contribution in [0.3, 0.4) is 0 Å². The molecule has 17 heavy (non-hydrogen) atoms. The highest BCUT2D eigenvalue weighted by atomic mass is 16.5. The third-order valence-corrected chi connectivity index (χ3v) is 2.67. The first-order valence-corrected chi connectivity index (χ1v) is 6.21. The van der Waals surface area contributed by atoms with Crippen molar-refractivity contribution in [2.75, 3.05) is 33.9 Å². The number of ether oxygens (including phenoxy) is 1. The quantitative estimate of drug-likeness (QED) is 0.669. The van der Waals surface area contributed by atoms with Crippen molar-refractivity contribution in [1.82, 2.24) is 10.2 Å². The predicted molar refractivity (Wildman–Crippen MR) is 68.9 cm³/mol. The van der Waals surface area contributed by atoms with Crippen molar-refractivity contribution >= 4 is 0 Å². The average molecular weight is 240 g/mol. The van der Waals surface area contributed by atoms with Crippen molar-refractivity contribution in [3.63, 3.8) is 0 Å². The summed E-state index contributed by atoms with van der Waals surface area (Å²) in [6.45, 7) is 6.60. The molecule has 4 nitrogen and oxygen atoms in total. The third kappa shape index (κ3) is 5.35. The van der Waals surface area contributed by atoms with E-state index in [1.807, 2.05) is 6.07 Å². The Bertz CT molecular complexity index is 299. The minimum Gasteiger partial charge on any atom is -0.468 e. The van der Waals surface area contributed by atoms with Gasteiger partial charge in [-0.05, 0) is 26.1 Å². The number of hydrogen-bond donors (Lipinski definition) is 1. The molecule has 1 aromatic rings. The van der Waals surface area contributed by atoms with Crippen LogP contribution in [-0.2, 0) is 17.8 Å². The van der Waals surface area contributed by atoms with Crippen LogP contribution in [0, 0.1) is 0 Å². The predicted octanol–water partition coefficient (Wildman–Crippen LogP) is 1.86. The van der Waals surface area contributed by atoms with E-state index in [1.54, 1.807) is 13.4 Å². The van der Waals surface area contributed by atoms with E-state index in [-0.39, 0.29) is 0 Å². The Morgan fingerprint density at radius 2 is 2.29 bits per heavy atom. The summed E-state index contributed by atoms with van der Waals surface area (Å²) in [6.07, 6.45) is 2.92. The van der Waals surface area contributed by atoms with Gasteiger partial charge in [0.1, 0.15) is 5.76 Å². The summed E-state index contributed by atoms with van der Waals surface area (Å²) in [6, 6.07) is 2.04. The number of nitrogens with one attached hydrogen (secondary N) is 1. The molecule has 0 spiro atoms. The minimum absolute atomic E-state index is 0.751. The zero-order chi connectivity index (χ0) is 12.5. The molecule has 1 rings (SSSR count).